The number of aromatic nitrogens is 1. The molecule has 1 rings (SSSR count). The Bertz CT molecular complexity index is 426. The second-order valence-electron chi connectivity index (χ2n) is 4.28. The maximum Gasteiger partial charge on any atom is 0.311 e. The number of halogens is 1. The Hall–Kier alpha value is -1.21. The molecule has 1 unspecified atom stereocenters. The van der Waals surface area contributed by atoms with Gasteiger partial charge in [-0.3, -0.25) is 15.1 Å². The summed E-state index contributed by atoms with van der Waals surface area (Å²) in [6, 6.07) is -0.0348. The predicted octanol–water partition coefficient (Wildman–Crippen LogP) is 2.57. The second kappa shape index (κ2) is 6.65. The number of rotatable bonds is 6. The van der Waals surface area contributed by atoms with E-state index < -0.39 is 4.92 Å². The summed E-state index contributed by atoms with van der Waals surface area (Å²) in [4.78, 5) is 14.2. The van der Waals surface area contributed by atoms with Gasteiger partial charge in [0.2, 0.25) is 0 Å². The Labute approximate surface area is 114 Å². The molecule has 0 saturated carbocycles. The Morgan fingerprint density at radius 3 is 2.72 bits per heavy atom. The molecule has 1 heterocycles. The first kappa shape index (κ1) is 14.8. The lowest BCUT2D eigenvalue weighted by molar-refractivity contribution is -0.384. The van der Waals surface area contributed by atoms with Crippen molar-refractivity contribution in [2.45, 2.75) is 26.3 Å². The standard InChI is InChI=1S/C11H16BrN3O3/c1-7(2)9(3-4-16)14-11-8(12)5-13-6-10(11)15(17)18/h5-7,9,16H,3-4H2,1-2H3,(H,13,14). The molecule has 2 N–H and O–H groups in total. The number of nitro groups is 1. The molecule has 1 atom stereocenters. The summed E-state index contributed by atoms with van der Waals surface area (Å²) in [6.45, 7) is 4.02. The van der Waals surface area contributed by atoms with E-state index >= 15 is 0 Å². The van der Waals surface area contributed by atoms with E-state index in [4.69, 9.17) is 5.11 Å². The fraction of sp³-hybridized carbons (Fsp3) is 0.545. The molecule has 100 valence electrons. The van der Waals surface area contributed by atoms with E-state index in [9.17, 15) is 10.1 Å². The Kier molecular flexibility index (Phi) is 5.49. The quantitative estimate of drug-likeness (QED) is 0.622. The number of nitrogens with one attached hydrogen (secondary N) is 1. The average molecular weight is 318 g/mol. The summed E-state index contributed by atoms with van der Waals surface area (Å²) in [6.07, 6.45) is 3.25. The van der Waals surface area contributed by atoms with Gasteiger partial charge in [-0.25, -0.2) is 0 Å². The third-order valence-electron chi connectivity index (χ3n) is 2.65. The number of aliphatic hydroxyl groups excluding tert-OH is 1. The molecule has 0 radical (unpaired) electrons. The number of aliphatic hydroxyl groups is 1. The van der Waals surface area contributed by atoms with Gasteiger partial charge >= 0.3 is 5.69 Å². The van der Waals surface area contributed by atoms with E-state index in [2.05, 4.69) is 26.2 Å². The minimum Gasteiger partial charge on any atom is -0.396 e. The molecule has 0 aliphatic rings. The van der Waals surface area contributed by atoms with E-state index in [1.54, 1.807) is 0 Å². The molecule has 0 spiro atoms. The van der Waals surface area contributed by atoms with Crippen molar-refractivity contribution in [1.29, 1.82) is 0 Å². The smallest absolute Gasteiger partial charge is 0.311 e. The molecule has 0 aromatic carbocycles. The van der Waals surface area contributed by atoms with E-state index in [0.29, 0.717) is 16.6 Å². The molecule has 6 nitrogen and oxygen atoms in total. The molecular weight excluding hydrogens is 302 g/mol. The normalized spacial score (nSPS) is 12.5. The molecule has 0 fully saturated rings. The van der Waals surface area contributed by atoms with Crippen LogP contribution < -0.4 is 5.32 Å². The Morgan fingerprint density at radius 1 is 1.56 bits per heavy atom. The summed E-state index contributed by atoms with van der Waals surface area (Å²) < 4.78 is 0.542. The first-order chi connectivity index (χ1) is 8.47. The number of pyridine rings is 1. The summed E-state index contributed by atoms with van der Waals surface area (Å²) in [5.74, 6) is 0.247. The van der Waals surface area contributed by atoms with Gasteiger partial charge in [0.15, 0.2) is 0 Å². The maximum atomic E-state index is 10.9. The van der Waals surface area contributed by atoms with Gasteiger partial charge in [-0.05, 0) is 28.3 Å². The van der Waals surface area contributed by atoms with Crippen molar-refractivity contribution in [2.75, 3.05) is 11.9 Å². The van der Waals surface area contributed by atoms with Crippen molar-refractivity contribution >= 4 is 27.3 Å². The van der Waals surface area contributed by atoms with Crippen molar-refractivity contribution in [1.82, 2.24) is 4.98 Å². The van der Waals surface area contributed by atoms with Crippen LogP contribution in [0, 0.1) is 16.0 Å². The van der Waals surface area contributed by atoms with Crippen LogP contribution in [-0.4, -0.2) is 27.7 Å². The van der Waals surface area contributed by atoms with Gasteiger partial charge in [0.1, 0.15) is 11.9 Å². The summed E-state index contributed by atoms with van der Waals surface area (Å²) in [5.41, 5.74) is 0.329. The largest absolute Gasteiger partial charge is 0.396 e. The third-order valence-corrected chi connectivity index (χ3v) is 3.25. The van der Waals surface area contributed by atoms with Gasteiger partial charge in [0.25, 0.3) is 0 Å². The van der Waals surface area contributed by atoms with Gasteiger partial charge in [0, 0.05) is 18.8 Å². The van der Waals surface area contributed by atoms with Gasteiger partial charge < -0.3 is 10.4 Å². The van der Waals surface area contributed by atoms with Crippen LogP contribution in [0.1, 0.15) is 20.3 Å². The third kappa shape index (κ3) is 3.64. The maximum absolute atomic E-state index is 10.9. The molecule has 1 aromatic rings. The molecule has 0 aliphatic heterocycles. The Balaban J connectivity index is 3.04. The highest BCUT2D eigenvalue weighted by Gasteiger charge is 2.21. The van der Waals surface area contributed by atoms with E-state index in [-0.39, 0.29) is 24.3 Å². The summed E-state index contributed by atoms with van der Waals surface area (Å²) >= 11 is 3.25. The highest BCUT2D eigenvalue weighted by Crippen LogP contribution is 2.32. The molecule has 0 aliphatic carbocycles. The monoisotopic (exact) mass is 317 g/mol. The number of hydrogen-bond acceptors (Lipinski definition) is 5. The number of anilines is 1. The molecule has 7 heteroatoms. The van der Waals surface area contributed by atoms with Crippen molar-refractivity contribution in [2.24, 2.45) is 5.92 Å². The summed E-state index contributed by atoms with van der Waals surface area (Å²) in [5, 5.41) is 23.1. The molecule has 0 amide bonds. The van der Waals surface area contributed by atoms with Gasteiger partial charge in [-0.15, -0.1) is 0 Å². The van der Waals surface area contributed by atoms with E-state index in [0.717, 1.165) is 0 Å². The minimum absolute atomic E-state index is 0.0341. The van der Waals surface area contributed by atoms with Gasteiger partial charge in [-0.1, -0.05) is 13.8 Å². The molecule has 1 aromatic heterocycles. The highest BCUT2D eigenvalue weighted by atomic mass is 79.9. The lowest BCUT2D eigenvalue weighted by atomic mass is 10.0. The van der Waals surface area contributed by atoms with Crippen LogP contribution in [0.5, 0.6) is 0 Å². The van der Waals surface area contributed by atoms with Crippen molar-refractivity contribution in [3.8, 4) is 0 Å². The van der Waals surface area contributed by atoms with E-state index in [1.807, 2.05) is 13.8 Å². The molecular formula is C11H16BrN3O3. The van der Waals surface area contributed by atoms with Crippen LogP contribution in [0.4, 0.5) is 11.4 Å². The summed E-state index contributed by atoms with van der Waals surface area (Å²) in [7, 11) is 0. The zero-order valence-electron chi connectivity index (χ0n) is 10.3. The topological polar surface area (TPSA) is 88.3 Å². The second-order valence-corrected chi connectivity index (χ2v) is 5.13. The van der Waals surface area contributed by atoms with Crippen LogP contribution in [-0.2, 0) is 0 Å². The lowest BCUT2D eigenvalue weighted by Gasteiger charge is -2.23. The van der Waals surface area contributed by atoms with E-state index in [1.165, 1.54) is 12.4 Å². The lowest BCUT2D eigenvalue weighted by Crippen LogP contribution is -2.27. The van der Waals surface area contributed by atoms with Crippen molar-refractivity contribution in [3.05, 3.63) is 27.0 Å². The number of nitrogens with zero attached hydrogens (tertiary/aromatic N) is 2. The SMILES string of the molecule is CC(C)C(CCO)Nc1c(Br)cncc1[N+](=O)[O-]. The van der Waals surface area contributed by atoms with Crippen LogP contribution in [0.2, 0.25) is 0 Å². The zero-order valence-corrected chi connectivity index (χ0v) is 11.8. The van der Waals surface area contributed by atoms with Crippen molar-refractivity contribution in [3.63, 3.8) is 0 Å². The Morgan fingerprint density at radius 2 is 2.22 bits per heavy atom. The molecule has 18 heavy (non-hydrogen) atoms. The first-order valence-corrected chi connectivity index (χ1v) is 6.42. The first-order valence-electron chi connectivity index (χ1n) is 5.62. The van der Waals surface area contributed by atoms with Crippen LogP contribution >= 0.6 is 15.9 Å². The fourth-order valence-electron chi connectivity index (χ4n) is 1.60. The molecule has 0 bridgehead atoms. The van der Waals surface area contributed by atoms with Gasteiger partial charge in [-0.2, -0.15) is 0 Å². The van der Waals surface area contributed by atoms with Crippen LogP contribution in [0.15, 0.2) is 16.9 Å². The highest BCUT2D eigenvalue weighted by molar-refractivity contribution is 9.10. The number of hydrogen-bond donors (Lipinski definition) is 2. The molecule has 0 saturated heterocycles. The van der Waals surface area contributed by atoms with Crippen LogP contribution in [0.3, 0.4) is 0 Å². The van der Waals surface area contributed by atoms with Crippen LogP contribution in [0.25, 0.3) is 0 Å². The van der Waals surface area contributed by atoms with Gasteiger partial charge in [0.05, 0.1) is 9.40 Å². The van der Waals surface area contributed by atoms with Crippen molar-refractivity contribution < 1.29 is 10.0 Å². The predicted molar refractivity (Wildman–Crippen MR) is 72.5 cm³/mol. The minimum atomic E-state index is -0.476. The average Bonchev–Trinajstić information content (AvgIpc) is 2.30. The fourth-order valence-corrected chi connectivity index (χ4v) is 2.04. The zero-order chi connectivity index (χ0) is 13.7.